The van der Waals surface area contributed by atoms with Gasteiger partial charge in [-0.05, 0) is 40.3 Å². The van der Waals surface area contributed by atoms with E-state index in [1.807, 2.05) is 0 Å². The lowest BCUT2D eigenvalue weighted by Gasteiger charge is -2.47. The molecule has 1 rings (SSSR count). The molecular weight excluding hydrogens is 198 g/mol. The standard InChI is InChI=1S/C6H18N3Si3/c1-8-10(3)7-11(4)9(2)12(8,5)6/h1-6H3. The Hall–Kier alpha value is 0.211. The van der Waals surface area contributed by atoms with Crippen LogP contribution in [0.1, 0.15) is 0 Å². The Morgan fingerprint density at radius 2 is 1.58 bits per heavy atom. The van der Waals surface area contributed by atoms with E-state index in [0.717, 1.165) is 0 Å². The van der Waals surface area contributed by atoms with Crippen molar-refractivity contribution in [2.45, 2.75) is 26.2 Å². The van der Waals surface area contributed by atoms with Crippen LogP contribution in [0.2, 0.25) is 26.2 Å². The lowest BCUT2D eigenvalue weighted by molar-refractivity contribution is 0.628. The lowest BCUT2D eigenvalue weighted by Crippen LogP contribution is -2.67. The summed E-state index contributed by atoms with van der Waals surface area (Å²) in [5.41, 5.74) is 0. The van der Waals surface area contributed by atoms with Crippen molar-refractivity contribution in [3.05, 3.63) is 0 Å². The van der Waals surface area contributed by atoms with E-state index in [-0.39, 0.29) is 0 Å². The first-order valence-corrected chi connectivity index (χ1v) is 10.9. The van der Waals surface area contributed by atoms with Crippen LogP contribution in [-0.2, 0) is 0 Å². The van der Waals surface area contributed by atoms with E-state index in [1.54, 1.807) is 0 Å². The predicted octanol–water partition coefficient (Wildman–Crippen LogP) is 1.07. The molecule has 0 aromatic rings. The molecule has 0 N–H and O–H groups in total. The second-order valence-corrected chi connectivity index (χ2v) is 13.5. The zero-order valence-corrected chi connectivity index (χ0v) is 11.8. The van der Waals surface area contributed by atoms with Crippen LogP contribution in [0.3, 0.4) is 0 Å². The van der Waals surface area contributed by atoms with Crippen LogP contribution in [0.4, 0.5) is 0 Å². The third-order valence-electron chi connectivity index (χ3n) is 2.94. The molecule has 0 amide bonds. The average Bonchev–Trinajstić information content (AvgIpc) is 1.99. The Kier molecular flexibility index (Phi) is 2.72. The Morgan fingerprint density at radius 3 is 2.08 bits per heavy atom. The molecule has 0 saturated carbocycles. The quantitative estimate of drug-likeness (QED) is 0.564. The van der Waals surface area contributed by atoms with Gasteiger partial charge in [0.1, 0.15) is 0 Å². The van der Waals surface area contributed by atoms with Crippen molar-refractivity contribution in [1.82, 2.24) is 8.46 Å². The Balaban J connectivity index is 3.00. The highest BCUT2D eigenvalue weighted by Crippen LogP contribution is 2.18. The van der Waals surface area contributed by atoms with Gasteiger partial charge in [-0.2, -0.15) is 0 Å². The second-order valence-electron chi connectivity index (χ2n) is 3.82. The zero-order valence-electron chi connectivity index (χ0n) is 8.84. The van der Waals surface area contributed by atoms with Crippen LogP contribution in [0.5, 0.6) is 0 Å². The van der Waals surface area contributed by atoms with Crippen molar-refractivity contribution in [3.63, 3.8) is 0 Å². The predicted molar refractivity (Wildman–Crippen MR) is 58.7 cm³/mol. The van der Waals surface area contributed by atoms with Gasteiger partial charge in [-0.3, -0.25) is 0 Å². The summed E-state index contributed by atoms with van der Waals surface area (Å²) in [5.74, 6) is 0. The van der Waals surface area contributed by atoms with Crippen LogP contribution in [-0.4, -0.2) is 48.8 Å². The fourth-order valence-corrected chi connectivity index (χ4v) is 13.4. The highest BCUT2D eigenvalue weighted by Gasteiger charge is 2.39. The maximum Gasteiger partial charge on any atom is 0.265 e. The van der Waals surface area contributed by atoms with E-state index in [1.165, 1.54) is 0 Å². The third-order valence-corrected chi connectivity index (χ3v) is 16.0. The molecule has 6 heteroatoms. The molecule has 0 aliphatic carbocycles. The molecule has 0 bridgehead atoms. The van der Waals surface area contributed by atoms with E-state index in [4.69, 9.17) is 4.30 Å². The fourth-order valence-electron chi connectivity index (χ4n) is 1.40. The summed E-state index contributed by atoms with van der Waals surface area (Å²) in [6, 6.07) is 0. The van der Waals surface area contributed by atoms with Crippen molar-refractivity contribution < 1.29 is 0 Å². The highest BCUT2D eigenvalue weighted by molar-refractivity contribution is 6.89. The smallest absolute Gasteiger partial charge is 0.265 e. The number of rotatable bonds is 0. The molecule has 1 aliphatic heterocycles. The molecular formula is C6H18N3Si3. The highest BCUT2D eigenvalue weighted by atomic mass is 28.4. The minimum absolute atomic E-state index is 0.535. The molecule has 0 aromatic carbocycles. The van der Waals surface area contributed by atoms with Gasteiger partial charge in [0.25, 0.3) is 9.12 Å². The summed E-state index contributed by atoms with van der Waals surface area (Å²) in [5, 5.41) is 0. The van der Waals surface area contributed by atoms with Crippen LogP contribution in [0.25, 0.3) is 0 Å². The molecule has 1 heterocycles. The summed E-state index contributed by atoms with van der Waals surface area (Å²) >= 11 is 0. The molecule has 0 aromatic heterocycles. The molecule has 0 spiro atoms. The average molecular weight is 216 g/mol. The van der Waals surface area contributed by atoms with Crippen LogP contribution >= 0.6 is 0 Å². The Labute approximate surface area is 79.7 Å². The topological polar surface area (TPSA) is 18.8 Å². The maximum atomic E-state index is 4.83. The Bertz CT molecular complexity index is 216. The fraction of sp³-hybridized carbons (Fsp3) is 1.00. The summed E-state index contributed by atoms with van der Waals surface area (Å²) in [6.45, 7) is 9.45. The third kappa shape index (κ3) is 1.48. The van der Waals surface area contributed by atoms with E-state index >= 15 is 0 Å². The summed E-state index contributed by atoms with van der Waals surface area (Å²) < 4.78 is 9.93. The number of hydrogen-bond donors (Lipinski definition) is 0. The van der Waals surface area contributed by atoms with Crippen molar-refractivity contribution in [2.75, 3.05) is 14.1 Å². The SMILES string of the molecule is CN1[Si](C)N=[Si](C)N(C)[Si]1(C)C. The van der Waals surface area contributed by atoms with Gasteiger partial charge in [0, 0.05) is 0 Å². The van der Waals surface area contributed by atoms with Crippen LogP contribution < -0.4 is 0 Å². The molecule has 1 radical (unpaired) electrons. The monoisotopic (exact) mass is 216 g/mol. The zero-order chi connectivity index (χ0) is 9.52. The molecule has 12 heavy (non-hydrogen) atoms. The summed E-state index contributed by atoms with van der Waals surface area (Å²) in [4.78, 5) is 0. The molecule has 0 saturated heterocycles. The second kappa shape index (κ2) is 3.17. The first-order valence-electron chi connectivity index (χ1n) is 4.24. The molecule has 1 aliphatic rings. The van der Waals surface area contributed by atoms with Gasteiger partial charge >= 0.3 is 0 Å². The molecule has 3 nitrogen and oxygen atoms in total. The normalized spacial score (nSPS) is 25.8. The van der Waals surface area contributed by atoms with Gasteiger partial charge in [0.05, 0.1) is 0 Å². The van der Waals surface area contributed by atoms with Gasteiger partial charge in [0.15, 0.2) is 0 Å². The van der Waals surface area contributed by atoms with Gasteiger partial charge in [-0.25, -0.2) is 0 Å². The van der Waals surface area contributed by atoms with Gasteiger partial charge in [-0.15, -0.1) is 0 Å². The van der Waals surface area contributed by atoms with Gasteiger partial charge in [-0.1, -0.05) is 0 Å². The maximum absolute atomic E-state index is 4.83. The number of hydrogen-bond acceptors (Lipinski definition) is 3. The van der Waals surface area contributed by atoms with E-state index < -0.39 is 26.3 Å². The molecule has 0 unspecified atom stereocenters. The minimum atomic E-state index is -1.26. The van der Waals surface area contributed by atoms with E-state index in [9.17, 15) is 0 Å². The molecule has 69 valence electrons. The largest absolute Gasteiger partial charge is 0.412 e. The Morgan fingerprint density at radius 1 is 1.08 bits per heavy atom. The van der Waals surface area contributed by atoms with Crippen molar-refractivity contribution in [2.24, 2.45) is 4.30 Å². The minimum Gasteiger partial charge on any atom is -0.412 e. The van der Waals surface area contributed by atoms with Crippen LogP contribution in [0, 0.1) is 0 Å². The van der Waals surface area contributed by atoms with Gasteiger partial charge < -0.3 is 12.8 Å². The van der Waals surface area contributed by atoms with E-state index in [2.05, 4.69) is 48.7 Å². The molecule has 0 atom stereocenters. The summed E-state index contributed by atoms with van der Waals surface area (Å²) in [7, 11) is 2.16. The van der Waals surface area contributed by atoms with Gasteiger partial charge in [0.2, 0.25) is 17.1 Å². The molecule has 0 fully saturated rings. The first kappa shape index (κ1) is 10.3. The summed E-state index contributed by atoms with van der Waals surface area (Å²) in [6.07, 6.45) is 0. The lowest BCUT2D eigenvalue weighted by atomic mass is 11.6. The first-order chi connectivity index (χ1) is 5.37. The van der Waals surface area contributed by atoms with Crippen molar-refractivity contribution in [3.8, 4) is 0 Å². The number of nitrogens with zero attached hydrogens (tertiary/aromatic N) is 3. The van der Waals surface area contributed by atoms with Crippen LogP contribution in [0.15, 0.2) is 4.30 Å². The van der Waals surface area contributed by atoms with E-state index in [0.29, 0.717) is 0 Å². The van der Waals surface area contributed by atoms with Crippen molar-refractivity contribution >= 4 is 26.3 Å². The van der Waals surface area contributed by atoms with Crippen molar-refractivity contribution in [1.29, 1.82) is 0 Å².